The van der Waals surface area contributed by atoms with Crippen LogP contribution in [0.25, 0.3) is 0 Å². The van der Waals surface area contributed by atoms with Crippen molar-refractivity contribution in [2.45, 2.75) is 101 Å². The maximum absolute atomic E-state index is 11.5. The van der Waals surface area contributed by atoms with Gasteiger partial charge in [0.2, 0.25) is 0 Å². The zero-order valence-corrected chi connectivity index (χ0v) is 33.1. The third kappa shape index (κ3) is 17.0. The molecule has 0 aliphatic heterocycles. The molecule has 272 valence electrons. The second-order valence-corrected chi connectivity index (χ2v) is 14.9. The van der Waals surface area contributed by atoms with Crippen LogP contribution >= 0.6 is 0 Å². The van der Waals surface area contributed by atoms with Crippen LogP contribution in [0.5, 0.6) is 34.5 Å². The maximum atomic E-state index is 11.5. The summed E-state index contributed by atoms with van der Waals surface area (Å²) in [6, 6.07) is 20.8. The van der Waals surface area contributed by atoms with Gasteiger partial charge in [-0.2, -0.15) is 8.42 Å². The van der Waals surface area contributed by atoms with E-state index < -0.39 is 20.2 Å². The Morgan fingerprint density at radius 3 is 1.41 bits per heavy atom. The Labute approximate surface area is 332 Å². The molecule has 0 radical (unpaired) electrons. The van der Waals surface area contributed by atoms with Crippen LogP contribution in [-0.4, -0.2) is 68.8 Å². The molecule has 4 aromatic carbocycles. The van der Waals surface area contributed by atoms with Crippen molar-refractivity contribution in [2.75, 3.05) is 0 Å². The van der Waals surface area contributed by atoms with E-state index in [2.05, 4.69) is 13.8 Å². The molecule has 0 aromatic heterocycles. The number of phenolic OH excluding ortho intramolecular Hbond substituents is 1. The van der Waals surface area contributed by atoms with Crippen molar-refractivity contribution in [1.29, 1.82) is 0 Å². The van der Waals surface area contributed by atoms with Crippen LogP contribution in [-0.2, 0) is 33.1 Å². The molecule has 0 unspecified atom stereocenters. The zero-order valence-electron chi connectivity index (χ0n) is 29.3. The van der Waals surface area contributed by atoms with Crippen molar-refractivity contribution in [3.8, 4) is 34.5 Å². The summed E-state index contributed by atoms with van der Waals surface area (Å²) in [7, 11) is -8.87. The molecule has 0 heterocycles. The van der Waals surface area contributed by atoms with Crippen molar-refractivity contribution in [3.63, 3.8) is 0 Å². The summed E-state index contributed by atoms with van der Waals surface area (Å²) in [5.41, 5.74) is 1.56. The van der Waals surface area contributed by atoms with E-state index in [1.807, 2.05) is 0 Å². The minimum Gasteiger partial charge on any atom is -0.872 e. The fourth-order valence-electron chi connectivity index (χ4n) is 5.12. The summed E-state index contributed by atoms with van der Waals surface area (Å²) >= 11 is 0. The van der Waals surface area contributed by atoms with Crippen molar-refractivity contribution in [1.82, 2.24) is 0 Å². The van der Waals surface area contributed by atoms with Gasteiger partial charge in [0.05, 0.1) is 9.79 Å². The first kappa shape index (κ1) is 44.3. The second-order valence-electron chi connectivity index (χ2n) is 12.1. The van der Waals surface area contributed by atoms with Crippen LogP contribution in [0.4, 0.5) is 0 Å². The minimum absolute atomic E-state index is 0. The molecule has 0 atom stereocenters. The van der Waals surface area contributed by atoms with Gasteiger partial charge < -0.3 is 24.2 Å². The molecule has 10 nitrogen and oxygen atoms in total. The molecule has 0 aliphatic rings. The number of phenols is 1. The van der Waals surface area contributed by atoms with Crippen LogP contribution in [0, 0.1) is 0 Å². The average Bonchev–Trinajstić information content (AvgIpc) is 3.06. The van der Waals surface area contributed by atoms with Crippen molar-refractivity contribution >= 4 is 58.0 Å². The van der Waals surface area contributed by atoms with Gasteiger partial charge in [0.25, 0.3) is 10.1 Å². The number of benzene rings is 4. The van der Waals surface area contributed by atoms with Crippen LogP contribution in [0.3, 0.4) is 0 Å². The number of aromatic hydroxyl groups is 1. The first-order chi connectivity index (χ1) is 23.8. The quantitative estimate of drug-likeness (QED) is 0.0568. The molecule has 0 spiro atoms. The standard InChI is InChI=1S/2C19H24O5S.Ca/c2*1-2-3-4-5-6-7-15-12-18(14-19(13-15)25(21,22)23)24-17-10-8-16(20)9-11-17;/h2*8-14,20H,2-7H2,1H3,(H,21,22,23);/q;;+2/p-2. The normalized spacial score (nSPS) is 11.2. The van der Waals surface area contributed by atoms with Gasteiger partial charge in [0, 0.05) is 6.07 Å². The van der Waals surface area contributed by atoms with E-state index in [1.165, 1.54) is 79.9 Å². The molecule has 0 saturated carbocycles. The molecule has 2 N–H and O–H groups in total. The van der Waals surface area contributed by atoms with Crippen LogP contribution in [0.15, 0.2) is 94.7 Å². The van der Waals surface area contributed by atoms with Gasteiger partial charge in [0.1, 0.15) is 38.9 Å². The molecule has 51 heavy (non-hydrogen) atoms. The molecular weight excluding hydrogens is 721 g/mol. The van der Waals surface area contributed by atoms with Crippen molar-refractivity contribution in [3.05, 3.63) is 96.1 Å². The van der Waals surface area contributed by atoms with Crippen molar-refractivity contribution < 1.29 is 45.6 Å². The fraction of sp³-hybridized carbons (Fsp3) is 0.368. The molecule has 0 aliphatic carbocycles. The third-order valence-corrected chi connectivity index (χ3v) is 9.38. The van der Waals surface area contributed by atoms with E-state index in [-0.39, 0.29) is 64.8 Å². The van der Waals surface area contributed by atoms with Gasteiger partial charge >= 0.3 is 37.7 Å². The molecule has 4 rings (SSSR count). The fourth-order valence-corrected chi connectivity index (χ4v) is 6.24. The van der Waals surface area contributed by atoms with Crippen LogP contribution in [0.1, 0.15) is 89.2 Å². The van der Waals surface area contributed by atoms with Crippen LogP contribution < -0.4 is 14.6 Å². The number of ether oxygens (including phenoxy) is 2. The average molecular weight is 767 g/mol. The monoisotopic (exact) mass is 766 g/mol. The second kappa shape index (κ2) is 22.3. The maximum Gasteiger partial charge on any atom is 2.00 e. The van der Waals surface area contributed by atoms with E-state index in [9.17, 15) is 36.2 Å². The Morgan fingerprint density at radius 2 is 0.980 bits per heavy atom. The third-order valence-electron chi connectivity index (χ3n) is 7.74. The summed E-state index contributed by atoms with van der Waals surface area (Å²) in [6.07, 6.45) is 12.4. The van der Waals surface area contributed by atoms with Gasteiger partial charge in [-0.1, -0.05) is 77.3 Å². The number of rotatable bonds is 18. The van der Waals surface area contributed by atoms with E-state index in [1.54, 1.807) is 24.3 Å². The number of unbranched alkanes of at least 4 members (excludes halogenated alkanes) is 8. The summed E-state index contributed by atoms with van der Waals surface area (Å²) in [4.78, 5) is -0.471. The minimum atomic E-state index is -4.57. The molecule has 0 bridgehead atoms. The van der Waals surface area contributed by atoms with Gasteiger partial charge in [-0.15, -0.1) is 5.75 Å². The van der Waals surface area contributed by atoms with Gasteiger partial charge in [-0.3, -0.25) is 4.55 Å². The molecular formula is C38H46CaO10S2. The zero-order chi connectivity index (χ0) is 36.6. The molecule has 0 saturated heterocycles. The molecule has 0 fully saturated rings. The van der Waals surface area contributed by atoms with Gasteiger partial charge in [-0.05, 0) is 104 Å². The Hall–Kier alpha value is -2.84. The largest absolute Gasteiger partial charge is 2.00 e. The Kier molecular flexibility index (Phi) is 19.4. The number of aryl methyl sites for hydroxylation is 2. The molecule has 13 heteroatoms. The van der Waals surface area contributed by atoms with E-state index >= 15 is 0 Å². The smallest absolute Gasteiger partial charge is 0.872 e. The Balaban J connectivity index is 0.000000347. The summed E-state index contributed by atoms with van der Waals surface area (Å²) in [5, 5.41) is 20.4. The van der Waals surface area contributed by atoms with E-state index in [0.29, 0.717) is 23.7 Å². The molecule has 4 aromatic rings. The summed E-state index contributed by atoms with van der Waals surface area (Å²) in [6.45, 7) is 4.30. The molecule has 0 amide bonds. The number of hydrogen-bond donors (Lipinski definition) is 2. The topological polar surface area (TPSA) is 173 Å². The first-order valence-corrected chi connectivity index (χ1v) is 19.7. The van der Waals surface area contributed by atoms with Gasteiger partial charge in [-0.25, -0.2) is 8.42 Å². The van der Waals surface area contributed by atoms with Gasteiger partial charge in [0.15, 0.2) is 0 Å². The van der Waals surface area contributed by atoms with Crippen molar-refractivity contribution in [2.24, 2.45) is 0 Å². The van der Waals surface area contributed by atoms with Crippen LogP contribution in [0.2, 0.25) is 0 Å². The summed E-state index contributed by atoms with van der Waals surface area (Å²) < 4.78 is 77.9. The predicted molar refractivity (Wildman–Crippen MR) is 195 cm³/mol. The SMILES string of the molecule is CCCCCCCc1cc(Oc2ccc(O)cc2)cc(S(=O)(=O)O)c1.CCCCCCCc1cc(Oc2ccc([O-])cc2)cc(S(=O)(=O)[O-])c1.[Ca+2]. The summed E-state index contributed by atoms with van der Waals surface area (Å²) in [5.74, 6) is 1.47. The van der Waals surface area contributed by atoms with E-state index in [4.69, 9.17) is 9.47 Å². The Bertz CT molecular complexity index is 1710. The van der Waals surface area contributed by atoms with E-state index in [0.717, 1.165) is 62.5 Å². The Morgan fingerprint density at radius 1 is 0.569 bits per heavy atom. The predicted octanol–water partition coefficient (Wildman–Crippen LogP) is 8.53. The number of hydrogen-bond acceptors (Lipinski definition) is 9. The first-order valence-electron chi connectivity index (χ1n) is 16.9.